The van der Waals surface area contributed by atoms with E-state index >= 15 is 0 Å². The third kappa shape index (κ3) is 3.23. The summed E-state index contributed by atoms with van der Waals surface area (Å²) in [6, 6.07) is 6.38. The molecule has 0 amide bonds. The largest absolute Gasteiger partial charge is 0.497 e. The summed E-state index contributed by atoms with van der Waals surface area (Å²) in [5.41, 5.74) is 5.54. The first-order chi connectivity index (χ1) is 10.4. The lowest BCUT2D eigenvalue weighted by Gasteiger charge is -2.04. The molecule has 2 rings (SSSR count). The van der Waals surface area contributed by atoms with Crippen LogP contribution in [-0.4, -0.2) is 29.2 Å². The summed E-state index contributed by atoms with van der Waals surface area (Å²) in [5, 5.41) is 19.9. The highest BCUT2D eigenvalue weighted by atomic mass is 16.6. The van der Waals surface area contributed by atoms with Gasteiger partial charge in [0.15, 0.2) is 0 Å². The highest BCUT2D eigenvalue weighted by molar-refractivity contribution is 5.74. The minimum absolute atomic E-state index is 0.000709. The number of hydrogen-bond acceptors (Lipinski definition) is 6. The van der Waals surface area contributed by atoms with Gasteiger partial charge in [-0.3, -0.25) is 14.9 Å². The molecule has 0 aliphatic heterocycles. The fourth-order valence-electron chi connectivity index (χ4n) is 1.93. The van der Waals surface area contributed by atoms with Crippen molar-refractivity contribution in [1.82, 2.24) is 0 Å². The van der Waals surface area contributed by atoms with Gasteiger partial charge in [0.1, 0.15) is 23.3 Å². The molecule has 8 nitrogen and oxygen atoms in total. The first-order valence-electron chi connectivity index (χ1n) is 6.32. The molecule has 116 valence electrons. The summed E-state index contributed by atoms with van der Waals surface area (Å²) in [4.78, 5) is 21.3. The van der Waals surface area contributed by atoms with Crippen LogP contribution >= 0.6 is 0 Å². The average molecular weight is 306 g/mol. The highest BCUT2D eigenvalue weighted by Crippen LogP contribution is 2.34. The number of nitro groups is 1. The fraction of sp³-hybridized carbons (Fsp3) is 0.214. The number of hydrogen-bond donors (Lipinski definition) is 2. The van der Waals surface area contributed by atoms with E-state index in [1.165, 1.54) is 19.2 Å². The molecule has 1 heterocycles. The number of methoxy groups -OCH3 is 1. The van der Waals surface area contributed by atoms with Gasteiger partial charge in [0, 0.05) is 6.42 Å². The Balaban J connectivity index is 2.34. The van der Waals surface area contributed by atoms with E-state index in [1.54, 1.807) is 18.2 Å². The summed E-state index contributed by atoms with van der Waals surface area (Å²) in [6.45, 7) is 0. The van der Waals surface area contributed by atoms with Gasteiger partial charge >= 0.3 is 5.97 Å². The van der Waals surface area contributed by atoms with Crippen LogP contribution in [0.15, 0.2) is 34.7 Å². The molecule has 0 aliphatic carbocycles. The monoisotopic (exact) mass is 306 g/mol. The van der Waals surface area contributed by atoms with Crippen molar-refractivity contribution < 1.29 is 24.0 Å². The Morgan fingerprint density at radius 1 is 1.45 bits per heavy atom. The molecular weight excluding hydrogens is 292 g/mol. The molecule has 1 aromatic heterocycles. The fourth-order valence-corrected chi connectivity index (χ4v) is 1.93. The third-order valence-corrected chi connectivity index (χ3v) is 3.07. The van der Waals surface area contributed by atoms with Crippen LogP contribution in [0, 0.1) is 10.1 Å². The number of carboxylic acids is 1. The predicted octanol–water partition coefficient (Wildman–Crippen LogP) is 1.82. The van der Waals surface area contributed by atoms with Gasteiger partial charge in [-0.05, 0) is 24.3 Å². The molecule has 3 N–H and O–H groups in total. The Morgan fingerprint density at radius 3 is 2.77 bits per heavy atom. The summed E-state index contributed by atoms with van der Waals surface area (Å²) < 4.78 is 10.4. The molecular formula is C14H14N2O6. The smallest absolute Gasteiger partial charge is 0.320 e. The second-order valence-electron chi connectivity index (χ2n) is 4.56. The zero-order chi connectivity index (χ0) is 16.3. The Kier molecular flexibility index (Phi) is 4.42. The molecule has 0 saturated carbocycles. The lowest BCUT2D eigenvalue weighted by Crippen LogP contribution is -2.32. The predicted molar refractivity (Wildman–Crippen MR) is 76.7 cm³/mol. The van der Waals surface area contributed by atoms with Crippen LogP contribution < -0.4 is 10.5 Å². The molecule has 0 aliphatic rings. The topological polar surface area (TPSA) is 129 Å². The number of benzene rings is 1. The van der Waals surface area contributed by atoms with Gasteiger partial charge in [-0.1, -0.05) is 0 Å². The Bertz CT molecular complexity index is 709. The molecule has 8 heteroatoms. The zero-order valence-electron chi connectivity index (χ0n) is 11.7. The lowest BCUT2D eigenvalue weighted by atomic mass is 10.1. The summed E-state index contributed by atoms with van der Waals surface area (Å²) in [5.74, 6) is -0.180. The molecule has 2 aromatic rings. The van der Waals surface area contributed by atoms with Crippen molar-refractivity contribution in [3.8, 4) is 17.1 Å². The second kappa shape index (κ2) is 6.27. The van der Waals surface area contributed by atoms with Crippen molar-refractivity contribution in [1.29, 1.82) is 0 Å². The molecule has 0 saturated heterocycles. The van der Waals surface area contributed by atoms with Gasteiger partial charge in [-0.2, -0.15) is 0 Å². The first kappa shape index (κ1) is 15.5. The van der Waals surface area contributed by atoms with Crippen molar-refractivity contribution in [2.45, 2.75) is 12.5 Å². The number of nitrogens with zero attached hydrogens (tertiary/aromatic N) is 1. The molecule has 0 fully saturated rings. The van der Waals surface area contributed by atoms with E-state index in [4.69, 9.17) is 20.0 Å². The molecule has 0 spiro atoms. The van der Waals surface area contributed by atoms with Crippen LogP contribution in [0.3, 0.4) is 0 Å². The Labute approximate surface area is 125 Å². The van der Waals surface area contributed by atoms with E-state index in [1.807, 2.05) is 0 Å². The van der Waals surface area contributed by atoms with Crippen molar-refractivity contribution in [2.24, 2.45) is 5.73 Å². The van der Waals surface area contributed by atoms with Crippen LogP contribution in [0.5, 0.6) is 5.75 Å². The Hall–Kier alpha value is -2.87. The van der Waals surface area contributed by atoms with Crippen LogP contribution in [-0.2, 0) is 11.2 Å². The van der Waals surface area contributed by atoms with Gasteiger partial charge in [0.05, 0.1) is 23.7 Å². The van der Waals surface area contributed by atoms with Gasteiger partial charge in [-0.15, -0.1) is 0 Å². The van der Waals surface area contributed by atoms with Crippen LogP contribution in [0.1, 0.15) is 5.76 Å². The maximum Gasteiger partial charge on any atom is 0.320 e. The van der Waals surface area contributed by atoms with Gasteiger partial charge in [0.2, 0.25) is 0 Å². The zero-order valence-corrected chi connectivity index (χ0v) is 11.7. The summed E-state index contributed by atoms with van der Waals surface area (Å²) >= 11 is 0. The van der Waals surface area contributed by atoms with E-state index in [0.717, 1.165) is 0 Å². The quantitative estimate of drug-likeness (QED) is 0.615. The van der Waals surface area contributed by atoms with E-state index in [9.17, 15) is 14.9 Å². The average Bonchev–Trinajstić information content (AvgIpc) is 2.94. The van der Waals surface area contributed by atoms with E-state index in [2.05, 4.69) is 0 Å². The summed E-state index contributed by atoms with van der Waals surface area (Å²) in [6.07, 6.45) is -0.000709. The standard InChI is InChI=1S/C14H14N2O6/c1-21-8-2-4-10(12(7-8)16(19)20)13-5-3-9(22-13)6-11(15)14(17)18/h2-5,7,11H,6,15H2,1H3,(H,17,18). The van der Waals surface area contributed by atoms with E-state index < -0.39 is 16.9 Å². The van der Waals surface area contributed by atoms with Gasteiger partial charge in [0.25, 0.3) is 5.69 Å². The van der Waals surface area contributed by atoms with Crippen molar-refractivity contribution in [3.05, 3.63) is 46.2 Å². The summed E-state index contributed by atoms with van der Waals surface area (Å²) in [7, 11) is 1.41. The SMILES string of the molecule is COc1ccc(-c2ccc(CC(N)C(=O)O)o2)c([N+](=O)[O-])c1. The maximum atomic E-state index is 11.1. The highest BCUT2D eigenvalue weighted by Gasteiger charge is 2.20. The molecule has 1 unspecified atom stereocenters. The maximum absolute atomic E-state index is 11.1. The van der Waals surface area contributed by atoms with Crippen LogP contribution in [0.2, 0.25) is 0 Å². The number of aliphatic carboxylic acids is 1. The molecule has 1 aromatic carbocycles. The number of carboxylic acid groups (broad SMARTS) is 1. The van der Waals surface area contributed by atoms with Crippen LogP contribution in [0.4, 0.5) is 5.69 Å². The molecule has 0 bridgehead atoms. The lowest BCUT2D eigenvalue weighted by molar-refractivity contribution is -0.384. The second-order valence-corrected chi connectivity index (χ2v) is 4.56. The van der Waals surface area contributed by atoms with E-state index in [-0.39, 0.29) is 23.4 Å². The number of ether oxygens (including phenoxy) is 1. The third-order valence-electron chi connectivity index (χ3n) is 3.07. The Morgan fingerprint density at radius 2 is 2.18 bits per heavy atom. The first-order valence-corrected chi connectivity index (χ1v) is 6.32. The number of carbonyl (C=O) groups is 1. The molecule has 22 heavy (non-hydrogen) atoms. The van der Waals surface area contributed by atoms with Crippen molar-refractivity contribution >= 4 is 11.7 Å². The number of furan rings is 1. The number of nitro benzene ring substituents is 1. The van der Waals surface area contributed by atoms with E-state index in [0.29, 0.717) is 11.5 Å². The minimum Gasteiger partial charge on any atom is -0.497 e. The number of rotatable bonds is 6. The van der Waals surface area contributed by atoms with Crippen LogP contribution in [0.25, 0.3) is 11.3 Å². The van der Waals surface area contributed by atoms with Crippen molar-refractivity contribution in [3.63, 3.8) is 0 Å². The van der Waals surface area contributed by atoms with Gasteiger partial charge in [-0.25, -0.2) is 0 Å². The minimum atomic E-state index is -1.15. The molecule has 1 atom stereocenters. The normalized spacial score (nSPS) is 11.9. The molecule has 0 radical (unpaired) electrons. The van der Waals surface area contributed by atoms with Crippen molar-refractivity contribution in [2.75, 3.05) is 7.11 Å². The van der Waals surface area contributed by atoms with Gasteiger partial charge < -0.3 is 20.0 Å². The number of nitrogens with two attached hydrogens (primary N) is 1.